The first-order valence-corrected chi connectivity index (χ1v) is 29.5. The summed E-state index contributed by atoms with van der Waals surface area (Å²) in [6.45, 7) is 5.98. The number of benzene rings is 4. The molecule has 0 radical (unpaired) electrons. The van der Waals surface area contributed by atoms with Crippen molar-refractivity contribution in [2.45, 2.75) is 84.0 Å². The van der Waals surface area contributed by atoms with Crippen LogP contribution in [0.3, 0.4) is 0 Å². The zero-order chi connectivity index (χ0) is 49.8. The van der Waals surface area contributed by atoms with Crippen LogP contribution in [0.15, 0.2) is 165 Å². The minimum atomic E-state index is -4.03. The van der Waals surface area contributed by atoms with Gasteiger partial charge in [-0.05, 0) is 136 Å². The Kier molecular flexibility index (Phi) is 18.7. The molecule has 0 aliphatic carbocycles. The second-order valence-corrected chi connectivity index (χ2v) is 24.8. The Labute approximate surface area is 420 Å². The fourth-order valence-electron chi connectivity index (χ4n) is 7.79. The molecule has 14 nitrogen and oxygen atoms in total. The summed E-state index contributed by atoms with van der Waals surface area (Å²) in [5.41, 5.74) is 2.16. The molecule has 8 rings (SSSR count). The van der Waals surface area contributed by atoms with Crippen molar-refractivity contribution in [2.24, 2.45) is 0 Å². The first kappa shape index (κ1) is 53.7. The van der Waals surface area contributed by atoms with Crippen LogP contribution in [0, 0.1) is 0 Å². The van der Waals surface area contributed by atoms with E-state index in [1.807, 2.05) is 26.0 Å². The molecule has 2 aliphatic rings. The lowest BCUT2D eigenvalue weighted by molar-refractivity contribution is 0.320. The van der Waals surface area contributed by atoms with E-state index in [0.29, 0.717) is 18.7 Å². The Hall–Kier alpha value is -4.63. The van der Waals surface area contributed by atoms with Gasteiger partial charge in [0.1, 0.15) is 21.4 Å². The van der Waals surface area contributed by atoms with Gasteiger partial charge in [0.2, 0.25) is 10.0 Å². The van der Waals surface area contributed by atoms with Gasteiger partial charge in [-0.2, -0.15) is 4.31 Å². The van der Waals surface area contributed by atoms with Crippen molar-refractivity contribution >= 4 is 84.6 Å². The third kappa shape index (κ3) is 13.4. The van der Waals surface area contributed by atoms with Crippen molar-refractivity contribution in [1.82, 2.24) is 19.6 Å². The van der Waals surface area contributed by atoms with Gasteiger partial charge in [0, 0.05) is 48.2 Å². The average Bonchev–Trinajstić information content (AvgIpc) is 3.35. The maximum Gasteiger partial charge on any atom is 0.267 e. The van der Waals surface area contributed by atoms with Gasteiger partial charge in [-0.1, -0.05) is 97.7 Å². The summed E-state index contributed by atoms with van der Waals surface area (Å²) < 4.78 is 106. The van der Waals surface area contributed by atoms with Crippen LogP contribution in [-0.4, -0.2) is 86.2 Å². The molecule has 4 aromatic carbocycles. The number of anilines is 2. The van der Waals surface area contributed by atoms with Crippen LogP contribution in [0.4, 0.5) is 11.6 Å². The fraction of sp³-hybridized carbons (Fsp3) is 0.292. The Morgan fingerprint density at radius 1 is 0.536 bits per heavy atom. The number of nitrogens with zero attached hydrogens (tertiary/aromatic N) is 5. The highest BCUT2D eigenvalue weighted by molar-refractivity contribution is 8.13. The summed E-state index contributed by atoms with van der Waals surface area (Å²) in [5, 5.41) is 3.60. The molecule has 0 atom stereocenters. The summed E-state index contributed by atoms with van der Waals surface area (Å²) in [6, 6.07) is 36.0. The second kappa shape index (κ2) is 24.0. The maximum atomic E-state index is 13.7. The van der Waals surface area contributed by atoms with Crippen LogP contribution in [0.5, 0.6) is 0 Å². The number of sulfonamides is 3. The van der Waals surface area contributed by atoms with E-state index < -0.39 is 45.2 Å². The quantitative estimate of drug-likeness (QED) is 0.109. The molecule has 1 N–H and O–H groups in total. The first-order chi connectivity index (χ1) is 32.9. The number of aryl methyl sites for hydroxylation is 2. The highest BCUT2D eigenvalue weighted by Crippen LogP contribution is 2.34. The summed E-state index contributed by atoms with van der Waals surface area (Å²) >= 11 is 12.4. The molecule has 21 heteroatoms. The van der Waals surface area contributed by atoms with Crippen LogP contribution in [0.25, 0.3) is 0 Å². The number of pyridine rings is 2. The van der Waals surface area contributed by atoms with E-state index in [4.69, 9.17) is 33.9 Å². The number of nitrogens with one attached hydrogen (secondary N) is 1. The summed E-state index contributed by atoms with van der Waals surface area (Å²) in [7, 11) is -9.90. The predicted molar refractivity (Wildman–Crippen MR) is 273 cm³/mol. The first-order valence-electron chi connectivity index (χ1n) is 22.1. The van der Waals surface area contributed by atoms with Crippen LogP contribution >= 0.6 is 33.9 Å². The van der Waals surface area contributed by atoms with Gasteiger partial charge in [0.25, 0.3) is 29.1 Å². The summed E-state index contributed by atoms with van der Waals surface area (Å²) in [5.74, 6) is 0.707. The molecule has 2 aromatic heterocycles. The number of halogens is 3. The van der Waals surface area contributed by atoms with Gasteiger partial charge in [-0.15, -0.1) is 0 Å². The fourth-order valence-corrected chi connectivity index (χ4v) is 14.4. The van der Waals surface area contributed by atoms with Gasteiger partial charge < -0.3 is 5.32 Å². The third-order valence-electron chi connectivity index (χ3n) is 11.5. The van der Waals surface area contributed by atoms with Gasteiger partial charge >= 0.3 is 0 Å². The minimum Gasteiger partial charge on any atom is -0.317 e. The molecule has 0 saturated carbocycles. The van der Waals surface area contributed by atoms with Crippen LogP contribution in [0.2, 0.25) is 10.0 Å². The summed E-state index contributed by atoms with van der Waals surface area (Å²) in [4.78, 5) is 9.05. The normalized spacial score (nSPS) is 15.2. The van der Waals surface area contributed by atoms with E-state index in [-0.39, 0.29) is 54.6 Å². The van der Waals surface area contributed by atoms with Crippen molar-refractivity contribution in [1.29, 1.82) is 0 Å². The largest absolute Gasteiger partial charge is 0.317 e. The molecule has 0 amide bonds. The monoisotopic (exact) mass is 1070 g/mol. The zero-order valence-corrected chi connectivity index (χ0v) is 43.4. The second-order valence-electron chi connectivity index (χ2n) is 15.9. The van der Waals surface area contributed by atoms with Gasteiger partial charge in [0.05, 0.1) is 19.8 Å². The highest BCUT2D eigenvalue weighted by atomic mass is 35.7. The van der Waals surface area contributed by atoms with Crippen molar-refractivity contribution in [3.63, 3.8) is 0 Å². The Morgan fingerprint density at radius 2 is 0.928 bits per heavy atom. The predicted octanol–water partition coefficient (Wildman–Crippen LogP) is 9.20. The Balaban J connectivity index is 0.000000191. The molecular weight excluding hydrogens is 1020 g/mol. The smallest absolute Gasteiger partial charge is 0.267 e. The van der Waals surface area contributed by atoms with Crippen molar-refractivity contribution in [2.75, 3.05) is 34.8 Å². The van der Waals surface area contributed by atoms with Gasteiger partial charge in [0.15, 0.2) is 0 Å². The van der Waals surface area contributed by atoms with Gasteiger partial charge in [-0.25, -0.2) is 52.2 Å². The molecule has 0 unspecified atom stereocenters. The molecule has 4 heterocycles. The molecule has 2 aliphatic heterocycles. The Morgan fingerprint density at radius 3 is 1.30 bits per heavy atom. The molecular formula is C48H53Cl3N6O8S4. The lowest BCUT2D eigenvalue weighted by atomic mass is 10.1. The molecule has 6 aromatic rings. The van der Waals surface area contributed by atoms with E-state index in [1.165, 1.54) is 49.4 Å². The SMILES string of the molecule is CCc1ccc(S(=O)(=O)Cl)cc1.CCc1ccc(S(=O)(=O)N2CCC(N(c3ccccn3)S(=O)(=O)c3ccccc3Cl)CC2)cc1.O=S(=O)(c1ccccc1Cl)N(c1ccccn1)C1CCNCC1. The topological polar surface area (TPSA) is 184 Å². The maximum absolute atomic E-state index is 13.7. The summed E-state index contributed by atoms with van der Waals surface area (Å²) in [6.07, 6.45) is 6.98. The van der Waals surface area contributed by atoms with Crippen LogP contribution < -0.4 is 13.9 Å². The molecule has 0 bridgehead atoms. The van der Waals surface area contributed by atoms with E-state index in [1.54, 1.807) is 97.2 Å². The lowest BCUT2D eigenvalue weighted by Crippen LogP contribution is -2.49. The highest BCUT2D eigenvalue weighted by Gasteiger charge is 2.39. The van der Waals surface area contributed by atoms with E-state index in [2.05, 4.69) is 15.3 Å². The number of rotatable bonds is 13. The number of piperidine rings is 2. The third-order valence-corrected chi connectivity index (χ3v) is 19.5. The number of aromatic nitrogens is 2. The Bertz CT molecular complexity index is 3080. The molecule has 2 fully saturated rings. The van der Waals surface area contributed by atoms with Gasteiger partial charge in [-0.3, -0.25) is 0 Å². The lowest BCUT2D eigenvalue weighted by Gasteiger charge is -2.38. The van der Waals surface area contributed by atoms with E-state index >= 15 is 0 Å². The van der Waals surface area contributed by atoms with Crippen molar-refractivity contribution in [3.8, 4) is 0 Å². The molecule has 0 spiro atoms. The van der Waals surface area contributed by atoms with E-state index in [0.717, 1.165) is 49.9 Å². The minimum absolute atomic E-state index is 0.00613. The number of hydrogen-bond acceptors (Lipinski definition) is 11. The molecule has 69 heavy (non-hydrogen) atoms. The average molecular weight is 1080 g/mol. The van der Waals surface area contributed by atoms with Crippen molar-refractivity contribution < 1.29 is 33.7 Å². The van der Waals surface area contributed by atoms with E-state index in [9.17, 15) is 33.7 Å². The van der Waals surface area contributed by atoms with Crippen LogP contribution in [-0.2, 0) is 52.0 Å². The standard InChI is InChI=1S/C24H26ClN3O4S2.C16H18ClN3O2S.C8H9ClO2S/c1-2-19-10-12-21(13-11-19)33(29,30)27-17-14-20(15-18-27)28(24-9-5-6-16-26-24)34(31,32)23-8-4-3-7-22(23)25;17-14-5-1-2-6-15(14)23(21,22)20(13-8-11-18-12-9-13)16-7-3-4-10-19-16;1-2-7-3-5-8(6-4-7)12(9,10)11/h3-13,16,20H,2,14-15,17-18H2,1H3;1-7,10,13,18H,8-9,11-12H2;3-6H,2H2,1H3. The number of hydrogen-bond donors (Lipinski definition) is 1. The van der Waals surface area contributed by atoms with Crippen LogP contribution in [0.1, 0.15) is 50.7 Å². The molecule has 368 valence electrons. The zero-order valence-electron chi connectivity index (χ0n) is 37.9. The molecule has 2 saturated heterocycles. The van der Waals surface area contributed by atoms with Crippen molar-refractivity contribution in [3.05, 3.63) is 167 Å².